The summed E-state index contributed by atoms with van der Waals surface area (Å²) in [6, 6.07) is 3.51. The van der Waals surface area contributed by atoms with E-state index in [0.717, 1.165) is 0 Å². The molecule has 0 unspecified atom stereocenters. The van der Waals surface area contributed by atoms with Crippen molar-refractivity contribution in [1.82, 2.24) is 0 Å². The molecule has 0 radical (unpaired) electrons. The van der Waals surface area contributed by atoms with Gasteiger partial charge in [0.15, 0.2) is 36.1 Å². The lowest BCUT2D eigenvalue weighted by Gasteiger charge is -2.20. The van der Waals surface area contributed by atoms with Crippen molar-refractivity contribution >= 4 is 28.3 Å². The van der Waals surface area contributed by atoms with E-state index in [1.807, 2.05) is 0 Å². The lowest BCUT2D eigenvalue weighted by atomic mass is 10.1. The Kier molecular flexibility index (Phi) is 5.72. The summed E-state index contributed by atoms with van der Waals surface area (Å²) in [5.74, 6) is 1.36. The predicted octanol–water partition coefficient (Wildman–Crippen LogP) is 3.11. The van der Waals surface area contributed by atoms with Gasteiger partial charge in [-0.05, 0) is 51.4 Å². The van der Waals surface area contributed by atoms with Crippen LogP contribution in [0.25, 0.3) is 0 Å². The third-order valence-corrected chi connectivity index (χ3v) is 5.23. The molecular weight excluding hydrogens is 354 g/mol. The Morgan fingerprint density at radius 3 is 1.76 bits per heavy atom. The first-order chi connectivity index (χ1) is 11.5. The minimum absolute atomic E-state index is 0.0621. The Bertz CT molecular complexity index is 694. The van der Waals surface area contributed by atoms with E-state index in [4.69, 9.17) is 29.5 Å². The molecule has 25 heavy (non-hydrogen) atoms. The first-order valence-electron chi connectivity index (χ1n) is 8.12. The molecule has 0 spiro atoms. The molecule has 138 valence electrons. The molecule has 0 bridgehead atoms. The summed E-state index contributed by atoms with van der Waals surface area (Å²) in [5.41, 5.74) is 7.09. The lowest BCUT2D eigenvalue weighted by molar-refractivity contribution is 0.109. The third kappa shape index (κ3) is 5.39. The van der Waals surface area contributed by atoms with Gasteiger partial charge in [-0.25, -0.2) is 4.99 Å². The first-order valence-corrected chi connectivity index (χ1v) is 14.9. The summed E-state index contributed by atoms with van der Waals surface area (Å²) in [5, 5.41) is 8.07. The minimum atomic E-state index is -1.68. The second kappa shape index (κ2) is 7.28. The summed E-state index contributed by atoms with van der Waals surface area (Å²) >= 11 is 0. The molecule has 0 atom stereocenters. The van der Waals surface area contributed by atoms with Crippen LogP contribution in [0.2, 0.25) is 39.3 Å². The molecule has 9 heteroatoms. The van der Waals surface area contributed by atoms with Crippen LogP contribution in [0.15, 0.2) is 17.1 Å². The highest BCUT2D eigenvalue weighted by molar-refractivity contribution is 6.70. The highest BCUT2D eigenvalue weighted by atomic mass is 28.4. The molecule has 0 aliphatic carbocycles. The topological polar surface area (TPSA) is 99.1 Å². The van der Waals surface area contributed by atoms with Gasteiger partial charge in [-0.2, -0.15) is 0 Å². The quantitative estimate of drug-likeness (QED) is 0.532. The van der Waals surface area contributed by atoms with Crippen LogP contribution < -0.4 is 15.2 Å². The van der Waals surface area contributed by atoms with Crippen LogP contribution in [0.3, 0.4) is 0 Å². The fraction of sp³-hybridized carbons (Fsp3) is 0.500. The van der Waals surface area contributed by atoms with Crippen LogP contribution in [-0.4, -0.2) is 41.9 Å². The van der Waals surface area contributed by atoms with Gasteiger partial charge in [0.05, 0.1) is 11.1 Å². The monoisotopic (exact) mass is 381 g/mol. The molecule has 1 heterocycles. The number of aliphatic imine (C=N–C) groups is 1. The van der Waals surface area contributed by atoms with Gasteiger partial charge in [-0.1, -0.05) is 0 Å². The largest absolute Gasteiger partial charge is 0.468 e. The highest BCUT2D eigenvalue weighted by Crippen LogP contribution is 2.34. The number of hydrogen-bond donors (Lipinski definition) is 2. The molecule has 0 amide bonds. The van der Waals surface area contributed by atoms with Crippen LogP contribution >= 0.6 is 0 Å². The Labute approximate surface area is 150 Å². The number of amidine groups is 2. The summed E-state index contributed by atoms with van der Waals surface area (Å²) in [4.78, 5) is 4.05. The first kappa shape index (κ1) is 19.6. The van der Waals surface area contributed by atoms with Crippen LogP contribution in [0.1, 0.15) is 11.1 Å². The minimum Gasteiger partial charge on any atom is -0.468 e. The summed E-state index contributed by atoms with van der Waals surface area (Å²) in [6.07, 6.45) is 0. The maximum atomic E-state index is 8.07. The smallest absolute Gasteiger partial charge is 0.188 e. The molecule has 0 saturated carbocycles. The summed E-state index contributed by atoms with van der Waals surface area (Å²) in [7, 11) is -3.36. The number of nitrogens with two attached hydrogens (primary N) is 1. The van der Waals surface area contributed by atoms with Gasteiger partial charge >= 0.3 is 0 Å². The number of benzene rings is 1. The number of rotatable bonds is 8. The molecule has 1 aliphatic rings. The fourth-order valence-electron chi connectivity index (χ4n) is 2.07. The standard InChI is InChI=1S/C16H27N3O4Si2/c1-24(2,3)22-9-20-11-7-8-12(21-10-23-25(4,5)6)14-13(11)15(17)19-16(14)18/h7-8H,9-10H2,1-6H3,(H3,17,18,19). The molecule has 7 nitrogen and oxygen atoms in total. The summed E-state index contributed by atoms with van der Waals surface area (Å²) in [6.45, 7) is 12.8. The molecule has 1 aromatic carbocycles. The van der Waals surface area contributed by atoms with Crippen molar-refractivity contribution in [2.75, 3.05) is 13.6 Å². The van der Waals surface area contributed by atoms with Crippen molar-refractivity contribution in [3.8, 4) is 11.5 Å². The fourth-order valence-corrected chi connectivity index (χ4v) is 2.89. The Balaban J connectivity index is 2.19. The summed E-state index contributed by atoms with van der Waals surface area (Å²) < 4.78 is 22.9. The van der Waals surface area contributed by atoms with E-state index in [9.17, 15) is 0 Å². The second-order valence-electron chi connectivity index (χ2n) is 7.70. The van der Waals surface area contributed by atoms with E-state index in [1.54, 1.807) is 12.1 Å². The maximum absolute atomic E-state index is 8.07. The van der Waals surface area contributed by atoms with E-state index in [0.29, 0.717) is 22.6 Å². The number of nitrogens with zero attached hydrogens (tertiary/aromatic N) is 1. The zero-order valence-electron chi connectivity index (χ0n) is 15.7. The molecule has 0 aromatic heterocycles. The lowest BCUT2D eigenvalue weighted by Crippen LogP contribution is -2.28. The van der Waals surface area contributed by atoms with Crippen LogP contribution in [0, 0.1) is 5.41 Å². The van der Waals surface area contributed by atoms with Crippen molar-refractivity contribution in [3.63, 3.8) is 0 Å². The van der Waals surface area contributed by atoms with Gasteiger partial charge in [0.25, 0.3) is 0 Å². The van der Waals surface area contributed by atoms with Gasteiger partial charge in [0.1, 0.15) is 17.3 Å². The SMILES string of the molecule is C[Si](C)(C)OCOc1ccc(OCO[Si](C)(C)C)c2c1C(=N)N=C2N. The molecule has 1 aliphatic heterocycles. The van der Waals surface area contributed by atoms with Crippen LogP contribution in [0.4, 0.5) is 0 Å². The van der Waals surface area contributed by atoms with Gasteiger partial charge in [-0.3, -0.25) is 5.41 Å². The Morgan fingerprint density at radius 1 is 0.880 bits per heavy atom. The normalized spacial score (nSPS) is 14.3. The van der Waals surface area contributed by atoms with Gasteiger partial charge in [0, 0.05) is 0 Å². The van der Waals surface area contributed by atoms with E-state index in [1.165, 1.54) is 0 Å². The maximum Gasteiger partial charge on any atom is 0.188 e. The zero-order valence-corrected chi connectivity index (χ0v) is 17.7. The number of nitrogens with one attached hydrogen (secondary N) is 1. The molecule has 3 N–H and O–H groups in total. The Morgan fingerprint density at radius 2 is 1.32 bits per heavy atom. The van der Waals surface area contributed by atoms with Gasteiger partial charge in [0.2, 0.25) is 0 Å². The van der Waals surface area contributed by atoms with Gasteiger partial charge in [-0.15, -0.1) is 0 Å². The molecule has 2 rings (SSSR count). The second-order valence-corrected chi connectivity index (χ2v) is 16.7. The predicted molar refractivity (Wildman–Crippen MR) is 104 cm³/mol. The number of fused-ring (bicyclic) bond motifs is 1. The van der Waals surface area contributed by atoms with E-state index >= 15 is 0 Å². The number of hydrogen-bond acceptors (Lipinski definition) is 6. The van der Waals surface area contributed by atoms with Crippen molar-refractivity contribution in [1.29, 1.82) is 5.41 Å². The van der Waals surface area contributed by atoms with Crippen molar-refractivity contribution in [3.05, 3.63) is 23.3 Å². The van der Waals surface area contributed by atoms with Crippen LogP contribution in [-0.2, 0) is 8.85 Å². The average molecular weight is 382 g/mol. The van der Waals surface area contributed by atoms with Crippen LogP contribution in [0.5, 0.6) is 11.5 Å². The van der Waals surface area contributed by atoms with Gasteiger partial charge < -0.3 is 24.1 Å². The van der Waals surface area contributed by atoms with E-state index < -0.39 is 16.6 Å². The molecule has 1 aromatic rings. The van der Waals surface area contributed by atoms with Crippen molar-refractivity contribution in [2.45, 2.75) is 39.3 Å². The van der Waals surface area contributed by atoms with Crippen molar-refractivity contribution in [2.24, 2.45) is 10.7 Å². The molecule has 0 fully saturated rings. The average Bonchev–Trinajstić information content (AvgIpc) is 2.74. The Hall–Kier alpha value is -1.69. The molecular formula is C16H27N3O4Si2. The number of ether oxygens (including phenoxy) is 2. The highest BCUT2D eigenvalue weighted by Gasteiger charge is 2.28. The van der Waals surface area contributed by atoms with E-state index in [2.05, 4.69) is 44.3 Å². The molecule has 0 saturated heterocycles. The zero-order chi connectivity index (χ0) is 18.8. The third-order valence-electron chi connectivity index (χ3n) is 3.27. The van der Waals surface area contributed by atoms with Crippen molar-refractivity contribution < 1.29 is 18.3 Å². The van der Waals surface area contributed by atoms with E-state index in [-0.39, 0.29) is 25.3 Å².